The molecular formula is C22H28N4O3. The average Bonchev–Trinajstić information content (AvgIpc) is 2.94. The lowest BCUT2D eigenvalue weighted by Gasteiger charge is -2.39. The minimum absolute atomic E-state index is 0.0128. The predicted octanol–water partition coefficient (Wildman–Crippen LogP) is 1.64. The van der Waals surface area contributed by atoms with E-state index in [9.17, 15) is 14.4 Å². The number of amides is 3. The summed E-state index contributed by atoms with van der Waals surface area (Å²) in [4.78, 5) is 46.8. The number of benzene rings is 1. The van der Waals surface area contributed by atoms with Gasteiger partial charge in [0.25, 0.3) is 0 Å². The summed E-state index contributed by atoms with van der Waals surface area (Å²) in [5.41, 5.74) is 1.99. The Morgan fingerprint density at radius 1 is 1.17 bits per heavy atom. The van der Waals surface area contributed by atoms with Gasteiger partial charge in [0.15, 0.2) is 0 Å². The largest absolute Gasteiger partial charge is 0.361 e. The van der Waals surface area contributed by atoms with Crippen molar-refractivity contribution in [2.75, 3.05) is 32.7 Å². The van der Waals surface area contributed by atoms with Crippen LogP contribution in [0.2, 0.25) is 0 Å². The molecule has 29 heavy (non-hydrogen) atoms. The second-order valence-electron chi connectivity index (χ2n) is 8.42. The van der Waals surface area contributed by atoms with E-state index in [0.29, 0.717) is 44.9 Å². The molecule has 1 unspecified atom stereocenters. The molecule has 2 saturated heterocycles. The first-order valence-corrected chi connectivity index (χ1v) is 10.3. The van der Waals surface area contributed by atoms with Gasteiger partial charge < -0.3 is 19.7 Å². The number of fused-ring (bicyclic) bond motifs is 2. The number of carbonyl (C=O) groups excluding carboxylic acids is 3. The minimum atomic E-state index is -0.444. The van der Waals surface area contributed by atoms with Crippen LogP contribution in [0.25, 0.3) is 10.9 Å². The van der Waals surface area contributed by atoms with E-state index in [1.54, 1.807) is 14.7 Å². The third-order valence-corrected chi connectivity index (χ3v) is 5.86. The highest BCUT2D eigenvalue weighted by molar-refractivity contribution is 5.95. The fraction of sp³-hybridized carbons (Fsp3) is 0.500. The molecule has 0 bridgehead atoms. The molecule has 4 rings (SSSR count). The molecule has 7 heteroatoms. The second kappa shape index (κ2) is 7.89. The second-order valence-corrected chi connectivity index (χ2v) is 8.42. The smallest absolute Gasteiger partial charge is 0.245 e. The number of hydrogen-bond donors (Lipinski definition) is 1. The normalized spacial score (nSPS) is 20.4. The van der Waals surface area contributed by atoms with E-state index in [-0.39, 0.29) is 24.3 Å². The van der Waals surface area contributed by atoms with Crippen molar-refractivity contribution in [2.24, 2.45) is 5.92 Å². The number of aromatic amines is 1. The molecule has 2 aliphatic heterocycles. The van der Waals surface area contributed by atoms with Gasteiger partial charge in [-0.25, -0.2) is 0 Å². The molecule has 2 aromatic rings. The molecule has 1 aromatic carbocycles. The van der Waals surface area contributed by atoms with Gasteiger partial charge in [0.2, 0.25) is 17.7 Å². The number of para-hydroxylation sites is 1. The van der Waals surface area contributed by atoms with Gasteiger partial charge in [-0.2, -0.15) is 0 Å². The Morgan fingerprint density at radius 3 is 2.76 bits per heavy atom. The first kappa shape index (κ1) is 19.5. The van der Waals surface area contributed by atoms with Gasteiger partial charge in [0.05, 0.1) is 13.0 Å². The van der Waals surface area contributed by atoms with E-state index >= 15 is 0 Å². The fourth-order valence-electron chi connectivity index (χ4n) is 4.43. The zero-order valence-corrected chi connectivity index (χ0v) is 17.1. The van der Waals surface area contributed by atoms with E-state index in [0.717, 1.165) is 16.5 Å². The van der Waals surface area contributed by atoms with Gasteiger partial charge >= 0.3 is 0 Å². The van der Waals surface area contributed by atoms with E-state index in [1.165, 1.54) is 0 Å². The number of piperazine rings is 1. The third kappa shape index (κ3) is 3.86. The topological polar surface area (TPSA) is 76.7 Å². The molecule has 3 amide bonds. The fourth-order valence-corrected chi connectivity index (χ4v) is 4.43. The van der Waals surface area contributed by atoms with Gasteiger partial charge in [0.1, 0.15) is 6.04 Å². The maximum Gasteiger partial charge on any atom is 0.245 e. The lowest BCUT2D eigenvalue weighted by atomic mass is 10.1. The van der Waals surface area contributed by atoms with Crippen LogP contribution in [-0.2, 0) is 20.8 Å². The van der Waals surface area contributed by atoms with Crippen molar-refractivity contribution < 1.29 is 14.4 Å². The van der Waals surface area contributed by atoms with Gasteiger partial charge in [-0.1, -0.05) is 32.0 Å². The van der Waals surface area contributed by atoms with Crippen molar-refractivity contribution in [1.82, 2.24) is 19.7 Å². The zero-order chi connectivity index (χ0) is 20.5. The third-order valence-electron chi connectivity index (χ3n) is 5.86. The molecule has 2 fully saturated rings. The highest BCUT2D eigenvalue weighted by Gasteiger charge is 2.41. The quantitative estimate of drug-likeness (QED) is 0.854. The number of carbonyl (C=O) groups is 3. The summed E-state index contributed by atoms with van der Waals surface area (Å²) in [5.74, 6) is 0.359. The Kier molecular flexibility index (Phi) is 5.30. The molecule has 7 nitrogen and oxygen atoms in total. The van der Waals surface area contributed by atoms with E-state index in [2.05, 4.69) is 4.98 Å². The lowest BCUT2D eigenvalue weighted by Crippen LogP contribution is -2.60. The van der Waals surface area contributed by atoms with Crippen LogP contribution in [0.5, 0.6) is 0 Å². The molecule has 0 radical (unpaired) electrons. The standard InChI is InChI=1S/C22H28N4O3/c1-15(2)13-25-14-21(28)26-10-9-24(8-7-19(26)22(25)29)20(27)11-16-12-23-18-6-4-3-5-17(16)18/h3-6,12,15,19,23H,7-11,13-14H2,1-2H3. The van der Waals surface area contributed by atoms with Crippen molar-refractivity contribution >= 4 is 28.6 Å². The SMILES string of the molecule is CC(C)CN1CC(=O)N2CCN(C(=O)Cc3c[nH]c4ccccc34)CCC2C1=O. The Balaban J connectivity index is 1.45. The van der Waals surface area contributed by atoms with Gasteiger partial charge in [-0.05, 0) is 24.0 Å². The molecule has 3 heterocycles. The molecule has 0 aliphatic carbocycles. The van der Waals surface area contributed by atoms with Crippen LogP contribution in [0.1, 0.15) is 25.8 Å². The number of H-pyrrole nitrogens is 1. The zero-order valence-electron chi connectivity index (χ0n) is 17.1. The summed E-state index contributed by atoms with van der Waals surface area (Å²) >= 11 is 0. The number of hydrogen-bond acceptors (Lipinski definition) is 3. The lowest BCUT2D eigenvalue weighted by molar-refractivity contribution is -0.156. The number of rotatable bonds is 4. The summed E-state index contributed by atoms with van der Waals surface area (Å²) < 4.78 is 0. The monoisotopic (exact) mass is 396 g/mol. The molecule has 0 spiro atoms. The van der Waals surface area contributed by atoms with Crippen molar-refractivity contribution in [3.05, 3.63) is 36.0 Å². The van der Waals surface area contributed by atoms with Crippen LogP contribution >= 0.6 is 0 Å². The Morgan fingerprint density at radius 2 is 1.97 bits per heavy atom. The number of nitrogens with one attached hydrogen (secondary N) is 1. The molecule has 2 aliphatic rings. The molecular weight excluding hydrogens is 368 g/mol. The summed E-state index contributed by atoms with van der Waals surface area (Å²) in [5, 5.41) is 1.06. The van der Waals surface area contributed by atoms with E-state index in [4.69, 9.17) is 0 Å². The van der Waals surface area contributed by atoms with E-state index in [1.807, 2.05) is 44.3 Å². The Labute approximate surface area is 170 Å². The van der Waals surface area contributed by atoms with E-state index < -0.39 is 6.04 Å². The molecule has 1 N–H and O–H groups in total. The van der Waals surface area contributed by atoms with Crippen LogP contribution in [0.15, 0.2) is 30.5 Å². The summed E-state index contributed by atoms with van der Waals surface area (Å²) in [6.45, 7) is 6.22. The van der Waals surface area contributed by atoms with Crippen molar-refractivity contribution in [3.8, 4) is 0 Å². The van der Waals surface area contributed by atoms with Crippen LogP contribution < -0.4 is 0 Å². The van der Waals surface area contributed by atoms with Gasteiger partial charge in [-0.3, -0.25) is 14.4 Å². The maximum absolute atomic E-state index is 13.0. The molecule has 1 atom stereocenters. The minimum Gasteiger partial charge on any atom is -0.361 e. The van der Waals surface area contributed by atoms with Crippen molar-refractivity contribution in [1.29, 1.82) is 0 Å². The van der Waals surface area contributed by atoms with Crippen molar-refractivity contribution in [2.45, 2.75) is 32.7 Å². The molecule has 0 saturated carbocycles. The molecule has 1 aromatic heterocycles. The van der Waals surface area contributed by atoms with Gasteiger partial charge in [0, 0.05) is 43.3 Å². The van der Waals surface area contributed by atoms with Crippen LogP contribution in [0.3, 0.4) is 0 Å². The predicted molar refractivity (Wildman–Crippen MR) is 110 cm³/mol. The number of aromatic nitrogens is 1. The Hall–Kier alpha value is -2.83. The van der Waals surface area contributed by atoms with Crippen molar-refractivity contribution in [3.63, 3.8) is 0 Å². The summed E-state index contributed by atoms with van der Waals surface area (Å²) in [6.07, 6.45) is 2.70. The van der Waals surface area contributed by atoms with Crippen LogP contribution in [0, 0.1) is 5.92 Å². The Bertz CT molecular complexity index is 935. The highest BCUT2D eigenvalue weighted by atomic mass is 16.2. The van der Waals surface area contributed by atoms with Crippen LogP contribution in [0.4, 0.5) is 0 Å². The highest BCUT2D eigenvalue weighted by Crippen LogP contribution is 2.22. The maximum atomic E-state index is 13.0. The summed E-state index contributed by atoms with van der Waals surface area (Å²) in [6, 6.07) is 7.49. The molecule has 154 valence electrons. The average molecular weight is 396 g/mol. The van der Waals surface area contributed by atoms with Gasteiger partial charge in [-0.15, -0.1) is 0 Å². The first-order chi connectivity index (χ1) is 13.9. The number of nitrogens with zero attached hydrogens (tertiary/aromatic N) is 3. The summed E-state index contributed by atoms with van der Waals surface area (Å²) in [7, 11) is 0. The first-order valence-electron chi connectivity index (χ1n) is 10.3. The van der Waals surface area contributed by atoms with Crippen LogP contribution in [-0.4, -0.2) is 76.2 Å².